The average molecular weight is 369 g/mol. The van der Waals surface area contributed by atoms with E-state index in [4.69, 9.17) is 23.2 Å². The molecule has 1 fully saturated rings. The highest BCUT2D eigenvalue weighted by molar-refractivity contribution is 7.88. The molecule has 0 aromatic heterocycles. The van der Waals surface area contributed by atoms with E-state index >= 15 is 0 Å². The smallest absolute Gasteiger partial charge is 0.255 e. The Kier molecular flexibility index (Phi) is 5.01. The zero-order chi connectivity index (χ0) is 16.7. The zero-order valence-corrected chi connectivity index (χ0v) is 14.3. The first-order valence-electron chi connectivity index (χ1n) is 6.52. The summed E-state index contributed by atoms with van der Waals surface area (Å²) in [6, 6.07) is 1.83. The Morgan fingerprint density at radius 3 is 2.45 bits per heavy atom. The molecular weight excluding hydrogens is 354 g/mol. The molecule has 0 bridgehead atoms. The summed E-state index contributed by atoms with van der Waals surface area (Å²) in [6.07, 6.45) is 1.13. The van der Waals surface area contributed by atoms with Crippen molar-refractivity contribution >= 4 is 39.1 Å². The van der Waals surface area contributed by atoms with Crippen molar-refractivity contribution in [2.24, 2.45) is 0 Å². The Morgan fingerprint density at radius 1 is 1.27 bits per heavy atom. The summed E-state index contributed by atoms with van der Waals surface area (Å²) >= 11 is 11.6. The van der Waals surface area contributed by atoms with Crippen LogP contribution < -0.4 is 0 Å². The molecule has 1 heterocycles. The van der Waals surface area contributed by atoms with E-state index in [0.717, 1.165) is 12.3 Å². The van der Waals surface area contributed by atoms with Gasteiger partial charge in [0.15, 0.2) is 0 Å². The number of nitrogens with zero attached hydrogens (tertiary/aromatic N) is 2. The first-order valence-corrected chi connectivity index (χ1v) is 9.12. The molecule has 2 rings (SSSR count). The highest BCUT2D eigenvalue weighted by Gasteiger charge is 2.32. The minimum Gasteiger partial charge on any atom is -0.336 e. The standard InChI is InChI=1S/C13H15Cl2FN2O3S/c1-8-7-17(3-4-18(8)22(2,20)21)13(19)9-5-12(16)11(15)6-10(9)14/h5-6,8H,3-4,7H2,1-2H3/t8-/m0/s1. The first kappa shape index (κ1) is 17.5. The second-order valence-corrected chi connectivity index (χ2v) is 7.97. The number of piperazine rings is 1. The van der Waals surface area contributed by atoms with Gasteiger partial charge in [0.05, 0.1) is 21.9 Å². The average Bonchev–Trinajstić information content (AvgIpc) is 2.40. The Morgan fingerprint density at radius 2 is 1.91 bits per heavy atom. The Balaban J connectivity index is 2.21. The lowest BCUT2D eigenvalue weighted by molar-refractivity contribution is 0.0642. The van der Waals surface area contributed by atoms with Crippen LogP contribution in [-0.2, 0) is 10.0 Å². The number of halogens is 3. The van der Waals surface area contributed by atoms with Crippen LogP contribution in [0.4, 0.5) is 4.39 Å². The fourth-order valence-corrected chi connectivity index (χ4v) is 4.07. The van der Waals surface area contributed by atoms with Gasteiger partial charge in [-0.05, 0) is 19.1 Å². The first-order chi connectivity index (χ1) is 10.1. The van der Waals surface area contributed by atoms with Crippen LogP contribution in [0.2, 0.25) is 10.0 Å². The molecule has 1 aromatic rings. The van der Waals surface area contributed by atoms with Gasteiger partial charge in [0.25, 0.3) is 5.91 Å². The van der Waals surface area contributed by atoms with Gasteiger partial charge in [-0.2, -0.15) is 4.31 Å². The summed E-state index contributed by atoms with van der Waals surface area (Å²) < 4.78 is 38.1. The fraction of sp³-hybridized carbons (Fsp3) is 0.462. The number of carbonyl (C=O) groups is 1. The van der Waals surface area contributed by atoms with Crippen LogP contribution in [0.3, 0.4) is 0 Å². The predicted octanol–water partition coefficient (Wildman–Crippen LogP) is 2.24. The number of benzene rings is 1. The third-order valence-corrected chi connectivity index (χ3v) is 5.52. The summed E-state index contributed by atoms with van der Waals surface area (Å²) in [6.45, 7) is 2.34. The molecule has 0 aliphatic carbocycles. The van der Waals surface area contributed by atoms with Gasteiger partial charge >= 0.3 is 0 Å². The van der Waals surface area contributed by atoms with Crippen molar-refractivity contribution < 1.29 is 17.6 Å². The van der Waals surface area contributed by atoms with Gasteiger partial charge in [-0.1, -0.05) is 23.2 Å². The van der Waals surface area contributed by atoms with Gasteiger partial charge in [0.1, 0.15) is 5.82 Å². The van der Waals surface area contributed by atoms with Gasteiger partial charge in [0, 0.05) is 25.7 Å². The molecule has 1 aliphatic rings. The molecule has 1 saturated heterocycles. The van der Waals surface area contributed by atoms with Crippen LogP contribution in [0.1, 0.15) is 17.3 Å². The van der Waals surface area contributed by atoms with Crippen LogP contribution in [0.5, 0.6) is 0 Å². The molecule has 0 saturated carbocycles. The van der Waals surface area contributed by atoms with Crippen molar-refractivity contribution in [2.45, 2.75) is 13.0 Å². The molecular formula is C13H15Cl2FN2O3S. The van der Waals surface area contributed by atoms with E-state index in [1.165, 1.54) is 15.3 Å². The third-order valence-electron chi connectivity index (χ3n) is 3.52. The lowest BCUT2D eigenvalue weighted by Crippen LogP contribution is -2.55. The van der Waals surface area contributed by atoms with Crippen molar-refractivity contribution in [3.63, 3.8) is 0 Å². The molecule has 1 atom stereocenters. The lowest BCUT2D eigenvalue weighted by atomic mass is 10.1. The van der Waals surface area contributed by atoms with Crippen LogP contribution in [0, 0.1) is 5.82 Å². The minimum absolute atomic E-state index is 0.0172. The van der Waals surface area contributed by atoms with Crippen LogP contribution >= 0.6 is 23.2 Å². The monoisotopic (exact) mass is 368 g/mol. The molecule has 5 nitrogen and oxygen atoms in total. The maximum atomic E-state index is 13.5. The van der Waals surface area contributed by atoms with E-state index in [0.29, 0.717) is 0 Å². The molecule has 0 radical (unpaired) electrons. The van der Waals surface area contributed by atoms with Crippen molar-refractivity contribution in [3.05, 3.63) is 33.6 Å². The third kappa shape index (κ3) is 3.53. The summed E-state index contributed by atoms with van der Waals surface area (Å²) in [5, 5.41) is -0.0913. The van der Waals surface area contributed by atoms with Gasteiger partial charge < -0.3 is 4.90 Å². The fourth-order valence-electron chi connectivity index (χ4n) is 2.47. The number of hydrogen-bond donors (Lipinski definition) is 0. The van der Waals surface area contributed by atoms with Gasteiger partial charge in [-0.25, -0.2) is 12.8 Å². The number of amides is 1. The van der Waals surface area contributed by atoms with E-state index in [9.17, 15) is 17.6 Å². The summed E-state index contributed by atoms with van der Waals surface area (Å²) in [7, 11) is -3.32. The zero-order valence-electron chi connectivity index (χ0n) is 12.0. The van der Waals surface area contributed by atoms with Crippen molar-refractivity contribution in [1.29, 1.82) is 0 Å². The quantitative estimate of drug-likeness (QED) is 0.752. The highest BCUT2D eigenvalue weighted by Crippen LogP contribution is 2.26. The van der Waals surface area contributed by atoms with E-state index in [1.807, 2.05) is 0 Å². The molecule has 1 amide bonds. The molecule has 122 valence electrons. The minimum atomic E-state index is -3.32. The van der Waals surface area contributed by atoms with Crippen molar-refractivity contribution in [1.82, 2.24) is 9.21 Å². The summed E-state index contributed by atoms with van der Waals surface area (Å²) in [4.78, 5) is 13.9. The van der Waals surface area contributed by atoms with Crippen LogP contribution in [-0.4, -0.2) is 55.5 Å². The molecule has 22 heavy (non-hydrogen) atoms. The Labute approximate surface area is 138 Å². The normalized spacial score (nSPS) is 20.2. The number of hydrogen-bond acceptors (Lipinski definition) is 3. The van der Waals surface area contributed by atoms with E-state index in [-0.39, 0.29) is 41.3 Å². The molecule has 9 heteroatoms. The maximum absolute atomic E-state index is 13.5. The predicted molar refractivity (Wildman–Crippen MR) is 83.3 cm³/mol. The largest absolute Gasteiger partial charge is 0.336 e. The molecule has 0 unspecified atom stereocenters. The molecule has 0 spiro atoms. The van der Waals surface area contributed by atoms with Crippen molar-refractivity contribution in [3.8, 4) is 0 Å². The molecule has 1 aromatic carbocycles. The van der Waals surface area contributed by atoms with Crippen LogP contribution in [0.15, 0.2) is 12.1 Å². The summed E-state index contributed by atoms with van der Waals surface area (Å²) in [5.41, 5.74) is 0.0172. The van der Waals surface area contributed by atoms with Gasteiger partial charge in [0.2, 0.25) is 10.0 Å². The maximum Gasteiger partial charge on any atom is 0.255 e. The molecule has 0 N–H and O–H groups in total. The lowest BCUT2D eigenvalue weighted by Gasteiger charge is -2.38. The molecule has 1 aliphatic heterocycles. The highest BCUT2D eigenvalue weighted by atomic mass is 35.5. The van der Waals surface area contributed by atoms with E-state index in [2.05, 4.69) is 0 Å². The number of rotatable bonds is 2. The Bertz CT molecular complexity index is 711. The van der Waals surface area contributed by atoms with Gasteiger partial charge in [-0.3, -0.25) is 4.79 Å². The second-order valence-electron chi connectivity index (χ2n) is 5.22. The SMILES string of the molecule is C[C@H]1CN(C(=O)c2cc(F)c(Cl)cc2Cl)CCN1S(C)(=O)=O. The topological polar surface area (TPSA) is 57.7 Å². The van der Waals surface area contributed by atoms with E-state index in [1.54, 1.807) is 6.92 Å². The summed E-state index contributed by atoms with van der Waals surface area (Å²) in [5.74, 6) is -1.17. The van der Waals surface area contributed by atoms with Gasteiger partial charge in [-0.15, -0.1) is 0 Å². The van der Waals surface area contributed by atoms with Crippen molar-refractivity contribution in [2.75, 3.05) is 25.9 Å². The van der Waals surface area contributed by atoms with Crippen LogP contribution in [0.25, 0.3) is 0 Å². The second kappa shape index (κ2) is 6.31. The number of sulfonamides is 1. The van der Waals surface area contributed by atoms with E-state index < -0.39 is 21.7 Å². The Hall–Kier alpha value is -0.890. The number of carbonyl (C=O) groups excluding carboxylic acids is 1.